The molecule has 1 atom stereocenters. The van der Waals surface area contributed by atoms with Crippen molar-refractivity contribution in [1.82, 2.24) is 5.32 Å². The SMILES string of the molecule is Brc1cccc(C2CC(NC3COc4ccccc43)C2)c1. The molecule has 4 rings (SSSR count). The molecule has 0 bridgehead atoms. The highest BCUT2D eigenvalue weighted by Gasteiger charge is 2.34. The maximum atomic E-state index is 5.74. The van der Waals surface area contributed by atoms with Gasteiger partial charge in [0.2, 0.25) is 0 Å². The summed E-state index contributed by atoms with van der Waals surface area (Å²) in [6, 6.07) is 18.0. The minimum atomic E-state index is 0.356. The maximum absolute atomic E-state index is 5.74. The van der Waals surface area contributed by atoms with Crippen LogP contribution in [-0.2, 0) is 0 Å². The Morgan fingerprint density at radius 3 is 2.76 bits per heavy atom. The van der Waals surface area contributed by atoms with E-state index in [-0.39, 0.29) is 0 Å². The molecule has 2 nitrogen and oxygen atoms in total. The van der Waals surface area contributed by atoms with Crippen molar-refractivity contribution in [3.05, 3.63) is 64.1 Å². The van der Waals surface area contributed by atoms with Gasteiger partial charge in [0.15, 0.2) is 0 Å². The van der Waals surface area contributed by atoms with Crippen molar-refractivity contribution in [3.8, 4) is 5.75 Å². The summed E-state index contributed by atoms with van der Waals surface area (Å²) in [6.07, 6.45) is 2.43. The average Bonchev–Trinajstić information content (AvgIpc) is 2.85. The minimum Gasteiger partial charge on any atom is -0.491 e. The van der Waals surface area contributed by atoms with Crippen LogP contribution in [0, 0.1) is 0 Å². The first-order valence-electron chi connectivity index (χ1n) is 7.53. The first kappa shape index (κ1) is 13.4. The highest BCUT2D eigenvalue weighted by molar-refractivity contribution is 9.10. The van der Waals surface area contributed by atoms with Gasteiger partial charge in [0.1, 0.15) is 12.4 Å². The lowest BCUT2D eigenvalue weighted by molar-refractivity contribution is 0.236. The third-order valence-corrected chi connectivity index (χ3v) is 5.09. The molecule has 1 aliphatic carbocycles. The van der Waals surface area contributed by atoms with Crippen LogP contribution in [0.3, 0.4) is 0 Å². The summed E-state index contributed by atoms with van der Waals surface area (Å²) in [6.45, 7) is 0.761. The zero-order valence-electron chi connectivity index (χ0n) is 11.8. The van der Waals surface area contributed by atoms with Gasteiger partial charge in [-0.2, -0.15) is 0 Å². The van der Waals surface area contributed by atoms with Crippen LogP contribution < -0.4 is 10.1 Å². The van der Waals surface area contributed by atoms with E-state index in [1.54, 1.807) is 0 Å². The summed E-state index contributed by atoms with van der Waals surface area (Å²) >= 11 is 3.56. The van der Waals surface area contributed by atoms with Crippen LogP contribution in [0.15, 0.2) is 53.0 Å². The van der Waals surface area contributed by atoms with Crippen molar-refractivity contribution in [2.45, 2.75) is 30.8 Å². The third-order valence-electron chi connectivity index (χ3n) is 4.59. The second-order valence-corrected chi connectivity index (χ2v) is 6.90. The second-order valence-electron chi connectivity index (χ2n) is 5.99. The molecule has 1 heterocycles. The second kappa shape index (κ2) is 5.47. The van der Waals surface area contributed by atoms with E-state index in [2.05, 4.69) is 63.7 Å². The number of hydrogen-bond acceptors (Lipinski definition) is 2. The van der Waals surface area contributed by atoms with Gasteiger partial charge in [0, 0.05) is 16.1 Å². The van der Waals surface area contributed by atoms with Crippen molar-refractivity contribution < 1.29 is 4.74 Å². The molecule has 2 aromatic carbocycles. The molecule has 2 aromatic rings. The van der Waals surface area contributed by atoms with Crippen LogP contribution in [0.4, 0.5) is 0 Å². The molecule has 1 unspecified atom stereocenters. The number of benzene rings is 2. The molecule has 0 radical (unpaired) electrons. The fourth-order valence-electron chi connectivity index (χ4n) is 3.37. The van der Waals surface area contributed by atoms with Crippen LogP contribution in [0.25, 0.3) is 0 Å². The molecular formula is C18H18BrNO. The van der Waals surface area contributed by atoms with Crippen molar-refractivity contribution in [2.75, 3.05) is 6.61 Å². The van der Waals surface area contributed by atoms with Gasteiger partial charge in [-0.25, -0.2) is 0 Å². The summed E-state index contributed by atoms with van der Waals surface area (Å²) < 4.78 is 6.91. The molecule has 3 heteroatoms. The number of para-hydroxylation sites is 1. The smallest absolute Gasteiger partial charge is 0.124 e. The summed E-state index contributed by atoms with van der Waals surface area (Å²) in [7, 11) is 0. The van der Waals surface area contributed by atoms with Gasteiger partial charge in [-0.1, -0.05) is 46.3 Å². The zero-order chi connectivity index (χ0) is 14.2. The predicted octanol–water partition coefficient (Wildman–Crippen LogP) is 4.42. The van der Waals surface area contributed by atoms with Crippen molar-refractivity contribution in [1.29, 1.82) is 0 Å². The number of rotatable bonds is 3. The Labute approximate surface area is 133 Å². The molecule has 0 amide bonds. The normalized spacial score (nSPS) is 26.8. The molecule has 1 aliphatic heterocycles. The molecule has 2 aliphatic rings. The van der Waals surface area contributed by atoms with Crippen LogP contribution in [0.1, 0.15) is 35.9 Å². The molecule has 0 aromatic heterocycles. The number of halogens is 1. The Hall–Kier alpha value is -1.32. The standard InChI is InChI=1S/C18H18BrNO/c19-14-5-3-4-12(8-14)13-9-15(10-13)20-17-11-21-18-7-2-1-6-16(17)18/h1-8,13,15,17,20H,9-11H2. The van der Waals surface area contributed by atoms with Gasteiger partial charge in [-0.05, 0) is 42.5 Å². The van der Waals surface area contributed by atoms with E-state index in [0.717, 1.165) is 12.4 Å². The number of hydrogen-bond donors (Lipinski definition) is 1. The predicted molar refractivity (Wildman–Crippen MR) is 87.7 cm³/mol. The number of ether oxygens (including phenoxy) is 1. The van der Waals surface area contributed by atoms with E-state index in [4.69, 9.17) is 4.74 Å². The van der Waals surface area contributed by atoms with Gasteiger partial charge in [0.05, 0.1) is 6.04 Å². The van der Waals surface area contributed by atoms with Gasteiger partial charge in [-0.3, -0.25) is 0 Å². The molecule has 21 heavy (non-hydrogen) atoms. The third kappa shape index (κ3) is 2.60. The lowest BCUT2D eigenvalue weighted by Gasteiger charge is -2.38. The maximum Gasteiger partial charge on any atom is 0.124 e. The van der Waals surface area contributed by atoms with Gasteiger partial charge < -0.3 is 10.1 Å². The van der Waals surface area contributed by atoms with E-state index in [0.29, 0.717) is 18.0 Å². The Balaban J connectivity index is 1.37. The van der Waals surface area contributed by atoms with Crippen LogP contribution in [-0.4, -0.2) is 12.6 Å². The van der Waals surface area contributed by atoms with Gasteiger partial charge in [-0.15, -0.1) is 0 Å². The van der Waals surface area contributed by atoms with E-state index in [9.17, 15) is 0 Å². The molecule has 0 saturated heterocycles. The topological polar surface area (TPSA) is 21.3 Å². The van der Waals surface area contributed by atoms with E-state index < -0.39 is 0 Å². The molecule has 0 spiro atoms. The largest absolute Gasteiger partial charge is 0.491 e. The van der Waals surface area contributed by atoms with Crippen molar-refractivity contribution >= 4 is 15.9 Å². The molecule has 1 N–H and O–H groups in total. The monoisotopic (exact) mass is 343 g/mol. The molecule has 1 saturated carbocycles. The Bertz CT molecular complexity index is 651. The van der Waals surface area contributed by atoms with Crippen LogP contribution >= 0.6 is 15.9 Å². The summed E-state index contributed by atoms with van der Waals surface area (Å²) in [4.78, 5) is 0. The average molecular weight is 344 g/mol. The lowest BCUT2D eigenvalue weighted by atomic mass is 9.75. The van der Waals surface area contributed by atoms with E-state index >= 15 is 0 Å². The number of fused-ring (bicyclic) bond motifs is 1. The summed E-state index contributed by atoms with van der Waals surface area (Å²) in [5.41, 5.74) is 2.76. The Morgan fingerprint density at radius 1 is 1.05 bits per heavy atom. The first-order valence-corrected chi connectivity index (χ1v) is 8.32. The fourth-order valence-corrected chi connectivity index (χ4v) is 3.79. The minimum absolute atomic E-state index is 0.356. The van der Waals surface area contributed by atoms with Crippen molar-refractivity contribution in [2.24, 2.45) is 0 Å². The fraction of sp³-hybridized carbons (Fsp3) is 0.333. The van der Waals surface area contributed by atoms with Gasteiger partial charge >= 0.3 is 0 Å². The Kier molecular flexibility index (Phi) is 3.48. The quantitative estimate of drug-likeness (QED) is 0.890. The van der Waals surface area contributed by atoms with Gasteiger partial charge in [0.25, 0.3) is 0 Å². The summed E-state index contributed by atoms with van der Waals surface area (Å²) in [5, 5.41) is 3.75. The summed E-state index contributed by atoms with van der Waals surface area (Å²) in [5.74, 6) is 1.73. The Morgan fingerprint density at radius 2 is 1.90 bits per heavy atom. The lowest BCUT2D eigenvalue weighted by Crippen LogP contribution is -2.42. The van der Waals surface area contributed by atoms with E-state index in [1.165, 1.54) is 28.4 Å². The zero-order valence-corrected chi connectivity index (χ0v) is 13.3. The number of nitrogens with one attached hydrogen (secondary N) is 1. The molecule has 108 valence electrons. The molecular weight excluding hydrogens is 326 g/mol. The van der Waals surface area contributed by atoms with Crippen molar-refractivity contribution in [3.63, 3.8) is 0 Å². The highest BCUT2D eigenvalue weighted by Crippen LogP contribution is 2.40. The van der Waals surface area contributed by atoms with Crippen LogP contribution in [0.5, 0.6) is 5.75 Å². The molecule has 1 fully saturated rings. The first-order chi connectivity index (χ1) is 10.3. The van der Waals surface area contributed by atoms with E-state index in [1.807, 2.05) is 6.07 Å². The van der Waals surface area contributed by atoms with Crippen LogP contribution in [0.2, 0.25) is 0 Å². The highest BCUT2D eigenvalue weighted by atomic mass is 79.9.